The van der Waals surface area contributed by atoms with Crippen LogP contribution in [-0.2, 0) is 0 Å². The number of benzene rings is 2. The zero-order chi connectivity index (χ0) is 17.9. The molecule has 2 aromatic rings. The Morgan fingerprint density at radius 3 is 2.38 bits per heavy atom. The van der Waals surface area contributed by atoms with Crippen LogP contribution in [0.25, 0.3) is 0 Å². The van der Waals surface area contributed by atoms with Crippen LogP contribution >= 0.6 is 0 Å². The summed E-state index contributed by atoms with van der Waals surface area (Å²) in [6, 6.07) is 11.4. The predicted octanol–water partition coefficient (Wildman–Crippen LogP) is 4.69. The molecule has 1 N–H and O–H groups in total. The van der Waals surface area contributed by atoms with Crippen molar-refractivity contribution in [3.05, 3.63) is 58.7 Å². The number of nitrogens with one attached hydrogen (secondary N) is 1. The molecule has 1 amide bonds. The van der Waals surface area contributed by atoms with Gasteiger partial charge in [-0.25, -0.2) is 0 Å². The fourth-order valence-corrected chi connectivity index (χ4v) is 2.99. The second-order valence-corrected chi connectivity index (χ2v) is 6.25. The number of hydrogen-bond acceptors (Lipinski definition) is 2. The van der Waals surface area contributed by atoms with E-state index in [1.54, 1.807) is 11.9 Å². The third kappa shape index (κ3) is 3.58. The molecule has 0 aliphatic heterocycles. The van der Waals surface area contributed by atoms with Crippen molar-refractivity contribution >= 4 is 17.3 Å². The van der Waals surface area contributed by atoms with Crippen molar-refractivity contribution in [2.45, 2.75) is 26.7 Å². The number of alkyl halides is 1. The first-order valence-electron chi connectivity index (χ1n) is 8.12. The summed E-state index contributed by atoms with van der Waals surface area (Å²) >= 11 is 0. The Kier molecular flexibility index (Phi) is 5.60. The van der Waals surface area contributed by atoms with Gasteiger partial charge in [0, 0.05) is 37.0 Å². The molecule has 0 saturated carbocycles. The lowest BCUT2D eigenvalue weighted by atomic mass is 9.96. The summed E-state index contributed by atoms with van der Waals surface area (Å²) in [6.45, 7) is 5.41. The molecule has 0 aliphatic carbocycles. The van der Waals surface area contributed by atoms with E-state index in [2.05, 4.69) is 5.32 Å². The van der Waals surface area contributed by atoms with Crippen LogP contribution in [0.1, 0.15) is 39.9 Å². The Morgan fingerprint density at radius 1 is 1.21 bits per heavy atom. The third-order valence-electron chi connectivity index (χ3n) is 4.35. The Labute approximate surface area is 143 Å². The molecule has 0 heterocycles. The van der Waals surface area contributed by atoms with Crippen molar-refractivity contribution in [3.8, 4) is 0 Å². The summed E-state index contributed by atoms with van der Waals surface area (Å²) < 4.78 is 12.9. The van der Waals surface area contributed by atoms with Gasteiger partial charge in [0.25, 0.3) is 5.91 Å². The zero-order valence-electron chi connectivity index (χ0n) is 15.0. The average molecular weight is 328 g/mol. The summed E-state index contributed by atoms with van der Waals surface area (Å²) in [6.07, 6.45) is 0. The van der Waals surface area contributed by atoms with Crippen LogP contribution < -0.4 is 10.2 Å². The van der Waals surface area contributed by atoms with Crippen LogP contribution in [0.4, 0.5) is 15.8 Å². The lowest BCUT2D eigenvalue weighted by Gasteiger charge is -2.24. The van der Waals surface area contributed by atoms with Crippen LogP contribution in [0.2, 0.25) is 0 Å². The molecule has 0 bridgehead atoms. The lowest BCUT2D eigenvalue weighted by molar-refractivity contribution is 0.0992. The van der Waals surface area contributed by atoms with E-state index in [0.29, 0.717) is 5.56 Å². The second-order valence-electron chi connectivity index (χ2n) is 6.25. The number of nitrogens with zero attached hydrogens (tertiary/aromatic N) is 1. The molecule has 128 valence electrons. The number of halogens is 1. The van der Waals surface area contributed by atoms with E-state index in [1.807, 2.05) is 64.2 Å². The van der Waals surface area contributed by atoms with Gasteiger partial charge in [-0.05, 0) is 48.7 Å². The topological polar surface area (TPSA) is 32.3 Å². The van der Waals surface area contributed by atoms with Crippen LogP contribution in [0.15, 0.2) is 36.4 Å². The standard InChI is InChI=1S/C20H25FN2O/c1-13-9-17(15(3)12-21)10-14(2)19(13)23(5)20(24)16-7-6-8-18(11-16)22-4/h6-11,15,22H,12H2,1-5H3. The molecule has 1 atom stereocenters. The molecule has 2 rings (SSSR count). The first kappa shape index (κ1) is 18.0. The summed E-state index contributed by atoms with van der Waals surface area (Å²) in [5.41, 5.74) is 5.33. The van der Waals surface area contributed by atoms with Crippen molar-refractivity contribution in [2.75, 3.05) is 31.0 Å². The summed E-state index contributed by atoms with van der Waals surface area (Å²) in [7, 11) is 3.61. The van der Waals surface area contributed by atoms with E-state index in [9.17, 15) is 9.18 Å². The lowest BCUT2D eigenvalue weighted by Crippen LogP contribution is -2.28. The first-order chi connectivity index (χ1) is 11.4. The van der Waals surface area contributed by atoms with Crippen LogP contribution in [0.5, 0.6) is 0 Å². The molecular weight excluding hydrogens is 303 g/mol. The predicted molar refractivity (Wildman–Crippen MR) is 99.0 cm³/mol. The number of hydrogen-bond donors (Lipinski definition) is 1. The Bertz CT molecular complexity index is 719. The molecule has 0 spiro atoms. The molecule has 4 heteroatoms. The maximum atomic E-state index is 12.9. The quantitative estimate of drug-likeness (QED) is 0.863. The summed E-state index contributed by atoms with van der Waals surface area (Å²) in [5, 5.41) is 3.04. The van der Waals surface area contributed by atoms with Gasteiger partial charge in [0.15, 0.2) is 0 Å². The monoisotopic (exact) mass is 328 g/mol. The largest absolute Gasteiger partial charge is 0.388 e. The van der Waals surface area contributed by atoms with E-state index in [4.69, 9.17) is 0 Å². The molecule has 2 aromatic carbocycles. The fourth-order valence-electron chi connectivity index (χ4n) is 2.99. The van der Waals surface area contributed by atoms with Gasteiger partial charge in [-0.2, -0.15) is 0 Å². The first-order valence-corrected chi connectivity index (χ1v) is 8.12. The van der Waals surface area contributed by atoms with E-state index in [1.165, 1.54) is 0 Å². The number of carbonyl (C=O) groups is 1. The van der Waals surface area contributed by atoms with Crippen LogP contribution in [0.3, 0.4) is 0 Å². The van der Waals surface area contributed by atoms with Crippen molar-refractivity contribution in [3.63, 3.8) is 0 Å². The van der Waals surface area contributed by atoms with Crippen LogP contribution in [-0.4, -0.2) is 26.7 Å². The Hall–Kier alpha value is -2.36. The molecule has 0 aromatic heterocycles. The zero-order valence-corrected chi connectivity index (χ0v) is 15.0. The minimum Gasteiger partial charge on any atom is -0.388 e. The van der Waals surface area contributed by atoms with Gasteiger partial charge >= 0.3 is 0 Å². The molecule has 0 saturated heterocycles. The van der Waals surface area contributed by atoms with E-state index >= 15 is 0 Å². The molecule has 0 radical (unpaired) electrons. The second kappa shape index (κ2) is 7.47. The molecule has 0 aliphatic rings. The highest BCUT2D eigenvalue weighted by molar-refractivity contribution is 6.07. The Morgan fingerprint density at radius 2 is 1.83 bits per heavy atom. The number of amides is 1. The number of anilines is 2. The number of aryl methyl sites for hydroxylation is 2. The molecule has 3 nitrogen and oxygen atoms in total. The highest BCUT2D eigenvalue weighted by Gasteiger charge is 2.19. The van der Waals surface area contributed by atoms with E-state index in [0.717, 1.165) is 28.1 Å². The number of carbonyl (C=O) groups excluding carboxylic acids is 1. The van der Waals surface area contributed by atoms with Crippen molar-refractivity contribution in [1.29, 1.82) is 0 Å². The molecular formula is C20H25FN2O. The highest BCUT2D eigenvalue weighted by Crippen LogP contribution is 2.30. The van der Waals surface area contributed by atoms with Gasteiger partial charge in [-0.1, -0.05) is 25.1 Å². The summed E-state index contributed by atoms with van der Waals surface area (Å²) in [5.74, 6) is -0.200. The van der Waals surface area contributed by atoms with Crippen molar-refractivity contribution < 1.29 is 9.18 Å². The minimum absolute atomic E-state index is 0.0652. The van der Waals surface area contributed by atoms with Gasteiger partial charge in [0.1, 0.15) is 0 Å². The maximum absolute atomic E-state index is 12.9. The smallest absolute Gasteiger partial charge is 0.258 e. The highest BCUT2D eigenvalue weighted by atomic mass is 19.1. The SMILES string of the molecule is CNc1cccc(C(=O)N(C)c2c(C)cc(C(C)CF)cc2C)c1. The third-order valence-corrected chi connectivity index (χ3v) is 4.35. The minimum atomic E-state index is -0.385. The van der Waals surface area contributed by atoms with Gasteiger partial charge in [-0.3, -0.25) is 9.18 Å². The molecule has 0 fully saturated rings. The fraction of sp³-hybridized carbons (Fsp3) is 0.350. The molecule has 24 heavy (non-hydrogen) atoms. The average Bonchev–Trinajstić information content (AvgIpc) is 2.59. The Balaban J connectivity index is 2.38. The van der Waals surface area contributed by atoms with Gasteiger partial charge in [0.05, 0.1) is 6.67 Å². The van der Waals surface area contributed by atoms with Gasteiger partial charge in [0.2, 0.25) is 0 Å². The van der Waals surface area contributed by atoms with Gasteiger partial charge in [-0.15, -0.1) is 0 Å². The van der Waals surface area contributed by atoms with Gasteiger partial charge < -0.3 is 10.2 Å². The van der Waals surface area contributed by atoms with Crippen LogP contribution in [0, 0.1) is 13.8 Å². The summed E-state index contributed by atoms with van der Waals surface area (Å²) in [4.78, 5) is 14.5. The maximum Gasteiger partial charge on any atom is 0.258 e. The molecule has 1 unspecified atom stereocenters. The van der Waals surface area contributed by atoms with E-state index in [-0.39, 0.29) is 18.5 Å². The normalized spacial score (nSPS) is 11.9. The van der Waals surface area contributed by atoms with Crippen molar-refractivity contribution in [1.82, 2.24) is 0 Å². The van der Waals surface area contributed by atoms with Crippen molar-refractivity contribution in [2.24, 2.45) is 0 Å². The number of rotatable bonds is 5. The van der Waals surface area contributed by atoms with E-state index < -0.39 is 0 Å².